The average Bonchev–Trinajstić information content (AvgIpc) is 2.28. The van der Waals surface area contributed by atoms with Crippen LogP contribution in [0, 0.1) is 5.92 Å². The second-order valence-electron chi connectivity index (χ2n) is 4.35. The summed E-state index contributed by atoms with van der Waals surface area (Å²) in [4.78, 5) is 23.8. The molecule has 17 heavy (non-hydrogen) atoms. The molecule has 0 fully saturated rings. The van der Waals surface area contributed by atoms with Gasteiger partial charge in [0.25, 0.3) is 0 Å². The minimum atomic E-state index is -0.883. The quantitative estimate of drug-likeness (QED) is 0.719. The number of carboxylic acids is 1. The highest BCUT2D eigenvalue weighted by molar-refractivity contribution is 5.75. The van der Waals surface area contributed by atoms with Gasteiger partial charge in [0.15, 0.2) is 0 Å². The van der Waals surface area contributed by atoms with E-state index in [0.29, 0.717) is 12.5 Å². The lowest BCUT2D eigenvalue weighted by Gasteiger charge is -2.26. The summed E-state index contributed by atoms with van der Waals surface area (Å²) in [6.07, 6.45) is 0.988. The molecule has 0 aromatic rings. The van der Waals surface area contributed by atoms with E-state index in [9.17, 15) is 9.59 Å². The van der Waals surface area contributed by atoms with Crippen LogP contribution in [0.15, 0.2) is 0 Å². The summed E-state index contributed by atoms with van der Waals surface area (Å²) in [5.41, 5.74) is 0. The first-order valence-corrected chi connectivity index (χ1v) is 6.19. The van der Waals surface area contributed by atoms with Gasteiger partial charge in [0.2, 0.25) is 0 Å². The topological polar surface area (TPSA) is 69.6 Å². The number of nitrogens with zero attached hydrogens (tertiary/aromatic N) is 1. The lowest BCUT2D eigenvalue weighted by atomic mass is 10.0. The first-order chi connectivity index (χ1) is 7.92. The van der Waals surface area contributed by atoms with Gasteiger partial charge in [-0.15, -0.1) is 0 Å². The van der Waals surface area contributed by atoms with Gasteiger partial charge in [-0.1, -0.05) is 20.3 Å². The van der Waals surface area contributed by atoms with Gasteiger partial charge in [-0.3, -0.25) is 4.79 Å². The molecule has 0 radical (unpaired) electrons. The van der Waals surface area contributed by atoms with Crippen LogP contribution in [0.25, 0.3) is 0 Å². The summed E-state index contributed by atoms with van der Waals surface area (Å²) in [6.45, 7) is 8.75. The van der Waals surface area contributed by atoms with Crippen molar-refractivity contribution in [2.45, 2.75) is 46.6 Å². The second-order valence-corrected chi connectivity index (χ2v) is 4.35. The number of nitrogens with one attached hydrogen (secondary N) is 1. The standard InChI is InChI=1S/C12H24N2O3/c1-5-9(3)10(4)13-12(17)14(6-2)8-7-11(15)16/h9-10H,5-8H2,1-4H3,(H,13,17)(H,15,16). The van der Waals surface area contributed by atoms with E-state index < -0.39 is 5.97 Å². The van der Waals surface area contributed by atoms with Crippen LogP contribution in [0.5, 0.6) is 0 Å². The summed E-state index contributed by atoms with van der Waals surface area (Å²) in [6, 6.07) is -0.0760. The molecule has 2 N–H and O–H groups in total. The number of aliphatic carboxylic acids is 1. The van der Waals surface area contributed by atoms with Gasteiger partial charge < -0.3 is 15.3 Å². The van der Waals surface area contributed by atoms with E-state index >= 15 is 0 Å². The maximum atomic E-state index is 11.8. The molecule has 0 heterocycles. The van der Waals surface area contributed by atoms with Crippen molar-refractivity contribution in [2.24, 2.45) is 5.92 Å². The highest BCUT2D eigenvalue weighted by atomic mass is 16.4. The van der Waals surface area contributed by atoms with Crippen LogP contribution in [-0.2, 0) is 4.79 Å². The fourth-order valence-corrected chi connectivity index (χ4v) is 1.42. The van der Waals surface area contributed by atoms with Crippen molar-refractivity contribution >= 4 is 12.0 Å². The van der Waals surface area contributed by atoms with Crippen molar-refractivity contribution in [1.82, 2.24) is 10.2 Å². The minimum Gasteiger partial charge on any atom is -0.481 e. The Morgan fingerprint density at radius 1 is 1.29 bits per heavy atom. The fourth-order valence-electron chi connectivity index (χ4n) is 1.42. The van der Waals surface area contributed by atoms with Gasteiger partial charge in [-0.05, 0) is 19.8 Å². The Hall–Kier alpha value is -1.26. The molecular formula is C12H24N2O3. The molecule has 0 aliphatic carbocycles. The maximum Gasteiger partial charge on any atom is 0.317 e. The summed E-state index contributed by atoms with van der Waals surface area (Å²) in [5, 5.41) is 11.5. The molecule has 2 amide bonds. The molecule has 0 aliphatic rings. The third kappa shape index (κ3) is 6.14. The van der Waals surface area contributed by atoms with Crippen molar-refractivity contribution < 1.29 is 14.7 Å². The Balaban J connectivity index is 4.20. The highest BCUT2D eigenvalue weighted by Gasteiger charge is 2.17. The van der Waals surface area contributed by atoms with Crippen LogP contribution in [0.3, 0.4) is 0 Å². The molecule has 0 bridgehead atoms. The van der Waals surface area contributed by atoms with Crippen LogP contribution < -0.4 is 5.32 Å². The lowest BCUT2D eigenvalue weighted by Crippen LogP contribution is -2.46. The first-order valence-electron chi connectivity index (χ1n) is 6.19. The van der Waals surface area contributed by atoms with E-state index in [1.165, 1.54) is 4.90 Å². The van der Waals surface area contributed by atoms with Gasteiger partial charge in [-0.25, -0.2) is 4.79 Å². The normalized spacial score (nSPS) is 13.9. The zero-order valence-corrected chi connectivity index (χ0v) is 11.2. The Morgan fingerprint density at radius 3 is 2.29 bits per heavy atom. The minimum absolute atomic E-state index is 0.0149. The van der Waals surface area contributed by atoms with E-state index in [2.05, 4.69) is 19.2 Å². The van der Waals surface area contributed by atoms with E-state index in [4.69, 9.17) is 5.11 Å². The maximum absolute atomic E-state index is 11.8. The molecule has 2 atom stereocenters. The molecular weight excluding hydrogens is 220 g/mol. The Kier molecular flexibility index (Phi) is 7.34. The van der Waals surface area contributed by atoms with Crippen molar-refractivity contribution in [2.75, 3.05) is 13.1 Å². The number of carbonyl (C=O) groups is 2. The van der Waals surface area contributed by atoms with Crippen LogP contribution >= 0.6 is 0 Å². The van der Waals surface area contributed by atoms with Gasteiger partial charge >= 0.3 is 12.0 Å². The van der Waals surface area contributed by atoms with Crippen molar-refractivity contribution in [3.05, 3.63) is 0 Å². The molecule has 0 aromatic heterocycles. The first kappa shape index (κ1) is 15.7. The third-order valence-corrected chi connectivity index (χ3v) is 3.11. The van der Waals surface area contributed by atoms with Crippen molar-refractivity contribution in [3.8, 4) is 0 Å². The van der Waals surface area contributed by atoms with Gasteiger partial charge in [0.1, 0.15) is 0 Å². The Morgan fingerprint density at radius 2 is 1.88 bits per heavy atom. The molecule has 0 saturated heterocycles. The largest absolute Gasteiger partial charge is 0.481 e. The molecule has 0 aromatic carbocycles. The van der Waals surface area contributed by atoms with E-state index in [-0.39, 0.29) is 25.0 Å². The van der Waals surface area contributed by atoms with Gasteiger partial charge in [-0.2, -0.15) is 0 Å². The number of carbonyl (C=O) groups excluding carboxylic acids is 1. The monoisotopic (exact) mass is 244 g/mol. The number of hydrogen-bond donors (Lipinski definition) is 2. The molecule has 0 spiro atoms. The summed E-state index contributed by atoms with van der Waals surface area (Å²) in [7, 11) is 0. The highest BCUT2D eigenvalue weighted by Crippen LogP contribution is 2.07. The van der Waals surface area contributed by atoms with Crippen molar-refractivity contribution in [1.29, 1.82) is 0 Å². The number of amides is 2. The predicted molar refractivity (Wildman–Crippen MR) is 66.9 cm³/mol. The Labute approximate surface area is 103 Å². The third-order valence-electron chi connectivity index (χ3n) is 3.11. The molecule has 5 nitrogen and oxygen atoms in total. The lowest BCUT2D eigenvalue weighted by molar-refractivity contribution is -0.137. The SMILES string of the molecule is CCC(C)C(C)NC(=O)N(CC)CCC(=O)O. The summed E-state index contributed by atoms with van der Waals surface area (Å²) >= 11 is 0. The molecule has 100 valence electrons. The second kappa shape index (κ2) is 7.92. The number of hydrogen-bond acceptors (Lipinski definition) is 2. The Bertz CT molecular complexity index is 256. The molecule has 2 unspecified atom stereocenters. The van der Waals surface area contributed by atoms with E-state index in [0.717, 1.165) is 6.42 Å². The molecule has 0 saturated carbocycles. The van der Waals surface area contributed by atoms with Gasteiger partial charge in [0.05, 0.1) is 6.42 Å². The zero-order valence-electron chi connectivity index (χ0n) is 11.2. The average molecular weight is 244 g/mol. The van der Waals surface area contributed by atoms with Crippen molar-refractivity contribution in [3.63, 3.8) is 0 Å². The van der Waals surface area contributed by atoms with Gasteiger partial charge in [0, 0.05) is 19.1 Å². The summed E-state index contributed by atoms with van der Waals surface area (Å²) in [5.74, 6) is -0.469. The molecule has 0 aliphatic heterocycles. The van der Waals surface area contributed by atoms with Crippen LogP contribution in [0.2, 0.25) is 0 Å². The van der Waals surface area contributed by atoms with Crippen LogP contribution in [0.4, 0.5) is 4.79 Å². The van der Waals surface area contributed by atoms with E-state index in [1.807, 2.05) is 13.8 Å². The van der Waals surface area contributed by atoms with Crippen LogP contribution in [-0.4, -0.2) is 41.1 Å². The van der Waals surface area contributed by atoms with E-state index in [1.54, 1.807) is 0 Å². The number of rotatable bonds is 7. The fraction of sp³-hybridized carbons (Fsp3) is 0.833. The molecule has 0 rings (SSSR count). The predicted octanol–water partition coefficient (Wildman–Crippen LogP) is 1.93. The van der Waals surface area contributed by atoms with Crippen LogP contribution in [0.1, 0.15) is 40.5 Å². The molecule has 5 heteroatoms. The number of urea groups is 1. The summed E-state index contributed by atoms with van der Waals surface area (Å²) < 4.78 is 0. The number of carboxylic acid groups (broad SMARTS) is 1. The zero-order chi connectivity index (χ0) is 13.4. The smallest absolute Gasteiger partial charge is 0.317 e.